The van der Waals surface area contributed by atoms with Crippen molar-refractivity contribution in [2.45, 2.75) is 20.3 Å². The smallest absolute Gasteiger partial charge is 0.321 e. The second-order valence-corrected chi connectivity index (χ2v) is 5.87. The number of amides is 2. The van der Waals surface area contributed by atoms with E-state index >= 15 is 0 Å². The van der Waals surface area contributed by atoms with Gasteiger partial charge in [-0.25, -0.2) is 4.79 Å². The first-order valence-electron chi connectivity index (χ1n) is 8.20. The third-order valence-electron chi connectivity index (χ3n) is 4.07. The molecule has 0 bridgehead atoms. The molecule has 1 atom stereocenters. The highest BCUT2D eigenvalue weighted by atomic mass is 16.5. The van der Waals surface area contributed by atoms with Gasteiger partial charge in [0.15, 0.2) is 0 Å². The van der Waals surface area contributed by atoms with Gasteiger partial charge < -0.3 is 19.5 Å². The van der Waals surface area contributed by atoms with Crippen LogP contribution in [0.2, 0.25) is 0 Å². The minimum absolute atomic E-state index is 0.110. The van der Waals surface area contributed by atoms with E-state index in [0.717, 1.165) is 25.1 Å². The first-order valence-corrected chi connectivity index (χ1v) is 8.20. The molecular formula is C17H22N4O3. The number of benzene rings is 1. The molecule has 2 aromatic rings. The molecule has 0 saturated carbocycles. The predicted molar refractivity (Wildman–Crippen MR) is 89.7 cm³/mol. The molecule has 7 heteroatoms. The third kappa shape index (κ3) is 3.73. The van der Waals surface area contributed by atoms with Gasteiger partial charge in [-0.05, 0) is 25.5 Å². The van der Waals surface area contributed by atoms with Gasteiger partial charge >= 0.3 is 6.03 Å². The third-order valence-corrected chi connectivity index (χ3v) is 4.07. The topological polar surface area (TPSA) is 80.5 Å². The quantitative estimate of drug-likeness (QED) is 0.911. The fourth-order valence-electron chi connectivity index (χ4n) is 2.83. The average molecular weight is 330 g/mol. The van der Waals surface area contributed by atoms with Crippen LogP contribution in [0.4, 0.5) is 10.5 Å². The van der Waals surface area contributed by atoms with Crippen molar-refractivity contribution in [1.29, 1.82) is 0 Å². The van der Waals surface area contributed by atoms with Crippen molar-refractivity contribution >= 4 is 11.7 Å². The summed E-state index contributed by atoms with van der Waals surface area (Å²) in [5.41, 5.74) is 1.42. The Morgan fingerprint density at radius 1 is 1.46 bits per heavy atom. The molecule has 128 valence electrons. The summed E-state index contributed by atoms with van der Waals surface area (Å²) in [5.74, 6) is 1.37. The van der Waals surface area contributed by atoms with Crippen LogP contribution in [0.25, 0.3) is 11.4 Å². The van der Waals surface area contributed by atoms with Gasteiger partial charge in [0.2, 0.25) is 11.7 Å². The van der Waals surface area contributed by atoms with E-state index in [9.17, 15) is 4.79 Å². The zero-order valence-corrected chi connectivity index (χ0v) is 14.0. The van der Waals surface area contributed by atoms with Gasteiger partial charge in [-0.3, -0.25) is 0 Å². The van der Waals surface area contributed by atoms with E-state index < -0.39 is 0 Å². The molecule has 3 rings (SSSR count). The van der Waals surface area contributed by atoms with Crippen LogP contribution in [-0.2, 0) is 4.74 Å². The second-order valence-electron chi connectivity index (χ2n) is 5.87. The molecule has 1 aromatic carbocycles. The fourth-order valence-corrected chi connectivity index (χ4v) is 2.83. The predicted octanol–water partition coefficient (Wildman–Crippen LogP) is 2.94. The first kappa shape index (κ1) is 16.4. The molecule has 7 nitrogen and oxygen atoms in total. The zero-order valence-electron chi connectivity index (χ0n) is 14.0. The Morgan fingerprint density at radius 3 is 3.04 bits per heavy atom. The maximum atomic E-state index is 12.5. The van der Waals surface area contributed by atoms with Crippen molar-refractivity contribution in [2.24, 2.45) is 5.92 Å². The second kappa shape index (κ2) is 7.44. The van der Waals surface area contributed by atoms with Crippen LogP contribution in [0, 0.1) is 12.8 Å². The first-order chi connectivity index (χ1) is 11.7. The lowest BCUT2D eigenvalue weighted by atomic mass is 10.1. The number of nitrogens with zero attached hydrogens (tertiary/aromatic N) is 3. The Labute approximate surface area is 141 Å². The highest BCUT2D eigenvalue weighted by Gasteiger charge is 2.26. The molecule has 24 heavy (non-hydrogen) atoms. The van der Waals surface area contributed by atoms with Gasteiger partial charge in [0, 0.05) is 38.1 Å². The molecule has 1 fully saturated rings. The van der Waals surface area contributed by atoms with Gasteiger partial charge in [-0.2, -0.15) is 4.98 Å². The number of urea groups is 1. The standard InChI is InChI=1S/C17H22N4O3/c1-3-23-11-13-8-9-21(10-13)17(22)19-15-7-5-4-6-14(15)16-18-12(2)24-20-16/h4-7,13H,3,8-11H2,1-2H3,(H,19,22). The Hall–Kier alpha value is -2.41. The van der Waals surface area contributed by atoms with E-state index in [-0.39, 0.29) is 6.03 Å². The van der Waals surface area contributed by atoms with E-state index in [4.69, 9.17) is 9.26 Å². The van der Waals surface area contributed by atoms with E-state index in [1.807, 2.05) is 36.1 Å². The molecule has 0 spiro atoms. The lowest BCUT2D eigenvalue weighted by Crippen LogP contribution is -2.33. The Bertz CT molecular complexity index is 701. The van der Waals surface area contributed by atoms with Gasteiger partial charge in [0.25, 0.3) is 0 Å². The summed E-state index contributed by atoms with van der Waals surface area (Å²) in [7, 11) is 0. The summed E-state index contributed by atoms with van der Waals surface area (Å²) < 4.78 is 10.5. The van der Waals surface area contributed by atoms with Crippen LogP contribution in [0.15, 0.2) is 28.8 Å². The number of para-hydroxylation sites is 1. The van der Waals surface area contributed by atoms with Crippen LogP contribution in [-0.4, -0.2) is 47.4 Å². The molecule has 1 saturated heterocycles. The number of carbonyl (C=O) groups is 1. The van der Waals surface area contributed by atoms with E-state index in [1.54, 1.807) is 6.92 Å². The fraction of sp³-hybridized carbons (Fsp3) is 0.471. The van der Waals surface area contributed by atoms with Gasteiger partial charge in [0.05, 0.1) is 12.3 Å². The summed E-state index contributed by atoms with van der Waals surface area (Å²) in [6, 6.07) is 7.34. The molecule has 1 aromatic heterocycles. The summed E-state index contributed by atoms with van der Waals surface area (Å²) in [6.45, 7) is 6.60. The SMILES string of the molecule is CCOCC1CCN(C(=O)Nc2ccccc2-c2noc(C)n2)C1. The lowest BCUT2D eigenvalue weighted by Gasteiger charge is -2.18. The van der Waals surface area contributed by atoms with E-state index in [0.29, 0.717) is 36.5 Å². The lowest BCUT2D eigenvalue weighted by molar-refractivity contribution is 0.113. The summed E-state index contributed by atoms with van der Waals surface area (Å²) in [5, 5.41) is 6.89. The summed E-state index contributed by atoms with van der Waals surface area (Å²) >= 11 is 0. The maximum Gasteiger partial charge on any atom is 0.321 e. The zero-order chi connectivity index (χ0) is 16.9. The van der Waals surface area contributed by atoms with E-state index in [1.165, 1.54) is 0 Å². The monoisotopic (exact) mass is 330 g/mol. The maximum absolute atomic E-state index is 12.5. The number of anilines is 1. The summed E-state index contributed by atoms with van der Waals surface area (Å²) in [6.07, 6.45) is 0.971. The minimum atomic E-state index is -0.110. The number of nitrogens with one attached hydrogen (secondary N) is 1. The number of ether oxygens (including phenoxy) is 1. The molecule has 0 aliphatic carbocycles. The van der Waals surface area contributed by atoms with E-state index in [2.05, 4.69) is 15.5 Å². The number of aryl methyl sites for hydroxylation is 1. The number of hydrogen-bond acceptors (Lipinski definition) is 5. The van der Waals surface area contributed by atoms with Gasteiger partial charge in [-0.1, -0.05) is 17.3 Å². The highest BCUT2D eigenvalue weighted by Crippen LogP contribution is 2.26. The van der Waals surface area contributed by atoms with Crippen molar-refractivity contribution in [2.75, 3.05) is 31.6 Å². The Kier molecular flexibility index (Phi) is 5.10. The van der Waals surface area contributed by atoms with Gasteiger partial charge in [-0.15, -0.1) is 0 Å². The number of aromatic nitrogens is 2. The van der Waals surface area contributed by atoms with Crippen LogP contribution >= 0.6 is 0 Å². The molecule has 0 radical (unpaired) electrons. The molecule has 2 amide bonds. The summed E-state index contributed by atoms with van der Waals surface area (Å²) in [4.78, 5) is 18.6. The van der Waals surface area contributed by atoms with Crippen molar-refractivity contribution < 1.29 is 14.1 Å². The van der Waals surface area contributed by atoms with Crippen molar-refractivity contribution in [3.05, 3.63) is 30.2 Å². The molecule has 1 unspecified atom stereocenters. The largest absolute Gasteiger partial charge is 0.381 e. The number of carbonyl (C=O) groups excluding carboxylic acids is 1. The van der Waals surface area contributed by atoms with Crippen LogP contribution < -0.4 is 5.32 Å². The van der Waals surface area contributed by atoms with Crippen LogP contribution in [0.3, 0.4) is 0 Å². The molecule has 2 heterocycles. The van der Waals surface area contributed by atoms with Crippen molar-refractivity contribution in [3.63, 3.8) is 0 Å². The highest BCUT2D eigenvalue weighted by molar-refractivity contribution is 5.93. The number of likely N-dealkylation sites (tertiary alicyclic amines) is 1. The van der Waals surface area contributed by atoms with Crippen LogP contribution in [0.1, 0.15) is 19.2 Å². The molecule has 1 aliphatic rings. The molecule has 1 aliphatic heterocycles. The number of hydrogen-bond donors (Lipinski definition) is 1. The van der Waals surface area contributed by atoms with Gasteiger partial charge in [0.1, 0.15) is 0 Å². The molecular weight excluding hydrogens is 308 g/mol. The van der Waals surface area contributed by atoms with Crippen molar-refractivity contribution in [1.82, 2.24) is 15.0 Å². The molecule has 1 N–H and O–H groups in total. The Morgan fingerprint density at radius 2 is 2.29 bits per heavy atom. The van der Waals surface area contributed by atoms with Crippen LogP contribution in [0.5, 0.6) is 0 Å². The average Bonchev–Trinajstić information content (AvgIpc) is 3.22. The Balaban J connectivity index is 1.67. The number of rotatable bonds is 5. The van der Waals surface area contributed by atoms with Crippen molar-refractivity contribution in [3.8, 4) is 11.4 Å². The normalized spacial score (nSPS) is 17.2. The minimum Gasteiger partial charge on any atom is -0.381 e.